The summed E-state index contributed by atoms with van der Waals surface area (Å²) in [5, 5.41) is 4.28. The molecule has 0 bridgehead atoms. The van der Waals surface area contributed by atoms with Crippen molar-refractivity contribution in [1.82, 2.24) is 0 Å². The van der Waals surface area contributed by atoms with Gasteiger partial charge < -0.3 is 4.74 Å². The van der Waals surface area contributed by atoms with Crippen molar-refractivity contribution >= 4 is 6.21 Å². The van der Waals surface area contributed by atoms with Crippen LogP contribution >= 0.6 is 0 Å². The summed E-state index contributed by atoms with van der Waals surface area (Å²) in [6.07, 6.45) is 5.58. The highest BCUT2D eigenvalue weighted by molar-refractivity contribution is 5.79. The third-order valence-corrected chi connectivity index (χ3v) is 2.16. The van der Waals surface area contributed by atoms with E-state index in [2.05, 4.69) is 5.10 Å². The molecule has 0 amide bonds. The first-order valence-corrected chi connectivity index (χ1v) is 5.03. The number of nitrogens with zero attached hydrogens (tertiary/aromatic N) is 2. The Labute approximate surface area is 94.6 Å². The fraction of sp³-hybridized carbons (Fsp3) is 0.0769. The zero-order valence-electron chi connectivity index (χ0n) is 9.08. The molecule has 80 valence electrons. The summed E-state index contributed by atoms with van der Waals surface area (Å²) in [7, 11) is 1.66. The van der Waals surface area contributed by atoms with Gasteiger partial charge in [-0.1, -0.05) is 10.7 Å². The van der Waals surface area contributed by atoms with Gasteiger partial charge in [0.15, 0.2) is 0 Å². The number of methoxy groups -OCH3 is 1. The SMILES string of the molecule is COc1ccc(/C=N/[n+]2ccccc2)cc1. The van der Waals surface area contributed by atoms with Crippen LogP contribution in [0.1, 0.15) is 5.56 Å². The van der Waals surface area contributed by atoms with Crippen LogP contribution in [-0.2, 0) is 0 Å². The molecule has 0 aliphatic rings. The number of pyridine rings is 1. The normalized spacial score (nSPS) is 10.6. The fourth-order valence-corrected chi connectivity index (χ4v) is 1.29. The molecule has 16 heavy (non-hydrogen) atoms. The van der Waals surface area contributed by atoms with E-state index < -0.39 is 0 Å². The van der Waals surface area contributed by atoms with E-state index in [1.807, 2.05) is 54.9 Å². The third kappa shape index (κ3) is 2.67. The Balaban J connectivity index is 2.12. The Kier molecular flexibility index (Phi) is 3.28. The average molecular weight is 213 g/mol. The molecule has 3 heteroatoms. The number of rotatable bonds is 3. The smallest absolute Gasteiger partial charge is 0.202 e. The van der Waals surface area contributed by atoms with Crippen LogP contribution in [0.15, 0.2) is 60.0 Å². The highest BCUT2D eigenvalue weighted by atomic mass is 16.5. The number of benzene rings is 1. The van der Waals surface area contributed by atoms with Gasteiger partial charge in [-0.2, -0.15) is 0 Å². The van der Waals surface area contributed by atoms with Gasteiger partial charge in [-0.25, -0.2) is 0 Å². The van der Waals surface area contributed by atoms with Crippen molar-refractivity contribution < 1.29 is 9.41 Å². The zero-order chi connectivity index (χ0) is 11.2. The second-order valence-corrected chi connectivity index (χ2v) is 3.27. The van der Waals surface area contributed by atoms with E-state index in [4.69, 9.17) is 4.74 Å². The molecule has 0 fully saturated rings. The molecule has 0 radical (unpaired) electrons. The second-order valence-electron chi connectivity index (χ2n) is 3.27. The van der Waals surface area contributed by atoms with E-state index in [-0.39, 0.29) is 0 Å². The third-order valence-electron chi connectivity index (χ3n) is 2.16. The van der Waals surface area contributed by atoms with Gasteiger partial charge in [-0.05, 0) is 34.9 Å². The first kappa shape index (κ1) is 10.4. The van der Waals surface area contributed by atoms with E-state index in [1.54, 1.807) is 18.0 Å². The summed E-state index contributed by atoms with van der Waals surface area (Å²) in [6.45, 7) is 0. The maximum absolute atomic E-state index is 5.08. The van der Waals surface area contributed by atoms with Gasteiger partial charge in [0.1, 0.15) is 12.0 Å². The van der Waals surface area contributed by atoms with Crippen molar-refractivity contribution in [2.45, 2.75) is 0 Å². The molecule has 0 saturated heterocycles. The van der Waals surface area contributed by atoms with E-state index in [0.29, 0.717) is 0 Å². The number of hydrogen-bond donors (Lipinski definition) is 0. The van der Waals surface area contributed by atoms with Crippen LogP contribution in [0.4, 0.5) is 0 Å². The first-order chi connectivity index (χ1) is 7.88. The van der Waals surface area contributed by atoms with E-state index in [1.165, 1.54) is 0 Å². The molecule has 1 heterocycles. The lowest BCUT2D eigenvalue weighted by atomic mass is 10.2. The molecule has 1 aromatic heterocycles. The zero-order valence-corrected chi connectivity index (χ0v) is 9.08. The Morgan fingerprint density at radius 3 is 2.38 bits per heavy atom. The summed E-state index contributed by atoms with van der Waals surface area (Å²) >= 11 is 0. The molecule has 3 nitrogen and oxygen atoms in total. The summed E-state index contributed by atoms with van der Waals surface area (Å²) in [6, 6.07) is 13.6. The van der Waals surface area contributed by atoms with Crippen molar-refractivity contribution in [1.29, 1.82) is 0 Å². The minimum Gasteiger partial charge on any atom is -0.497 e. The van der Waals surface area contributed by atoms with Crippen LogP contribution in [0.3, 0.4) is 0 Å². The summed E-state index contributed by atoms with van der Waals surface area (Å²) in [4.78, 5) is 0. The monoisotopic (exact) mass is 213 g/mol. The van der Waals surface area contributed by atoms with Gasteiger partial charge in [0.05, 0.1) is 7.11 Å². The van der Waals surface area contributed by atoms with Gasteiger partial charge in [-0.3, -0.25) is 0 Å². The molecule has 0 saturated carbocycles. The molecular weight excluding hydrogens is 200 g/mol. The number of ether oxygens (including phenoxy) is 1. The number of aromatic nitrogens is 1. The topological polar surface area (TPSA) is 25.5 Å². The lowest BCUT2D eigenvalue weighted by molar-refractivity contribution is -0.678. The largest absolute Gasteiger partial charge is 0.497 e. The quantitative estimate of drug-likeness (QED) is 0.564. The van der Waals surface area contributed by atoms with E-state index in [9.17, 15) is 0 Å². The molecule has 0 N–H and O–H groups in total. The molecule has 2 rings (SSSR count). The molecular formula is C13H13N2O+. The Hall–Kier alpha value is -2.16. The maximum Gasteiger partial charge on any atom is 0.202 e. The number of hydrogen-bond acceptors (Lipinski definition) is 2. The predicted octanol–water partition coefficient (Wildman–Crippen LogP) is 1.86. The average Bonchev–Trinajstić information content (AvgIpc) is 2.38. The fourth-order valence-electron chi connectivity index (χ4n) is 1.29. The lowest BCUT2D eigenvalue weighted by Gasteiger charge is -1.97. The molecule has 1 aromatic carbocycles. The van der Waals surface area contributed by atoms with Gasteiger partial charge in [-0.15, -0.1) is 0 Å². The van der Waals surface area contributed by atoms with Crippen molar-refractivity contribution in [3.63, 3.8) is 0 Å². The van der Waals surface area contributed by atoms with Crippen LogP contribution in [0.2, 0.25) is 0 Å². The summed E-state index contributed by atoms with van der Waals surface area (Å²) < 4.78 is 6.84. The standard InChI is InChI=1S/C13H13N2O/c1-16-13-7-5-12(6-8-13)11-14-15-9-3-2-4-10-15/h2-11H,1H3/q+1/b14-11+. The van der Waals surface area contributed by atoms with Gasteiger partial charge in [0.2, 0.25) is 12.4 Å². The molecule has 0 spiro atoms. The molecule has 2 aromatic rings. The minimum absolute atomic E-state index is 0.851. The summed E-state index contributed by atoms with van der Waals surface area (Å²) in [5.74, 6) is 0.851. The van der Waals surface area contributed by atoms with Crippen LogP contribution in [0.5, 0.6) is 5.75 Å². The first-order valence-electron chi connectivity index (χ1n) is 5.03. The van der Waals surface area contributed by atoms with E-state index in [0.717, 1.165) is 11.3 Å². The van der Waals surface area contributed by atoms with Crippen LogP contribution in [-0.4, -0.2) is 13.3 Å². The van der Waals surface area contributed by atoms with Crippen LogP contribution in [0, 0.1) is 0 Å². The Morgan fingerprint density at radius 2 is 1.75 bits per heavy atom. The second kappa shape index (κ2) is 5.07. The predicted molar refractivity (Wildman–Crippen MR) is 62.6 cm³/mol. The van der Waals surface area contributed by atoms with E-state index >= 15 is 0 Å². The van der Waals surface area contributed by atoms with Crippen molar-refractivity contribution in [3.8, 4) is 5.75 Å². The summed E-state index contributed by atoms with van der Waals surface area (Å²) in [5.41, 5.74) is 1.04. The highest BCUT2D eigenvalue weighted by Gasteiger charge is 1.94. The molecule has 0 unspecified atom stereocenters. The van der Waals surface area contributed by atoms with Crippen molar-refractivity contribution in [3.05, 3.63) is 60.4 Å². The Bertz CT molecular complexity index is 463. The minimum atomic E-state index is 0.851. The maximum atomic E-state index is 5.08. The highest BCUT2D eigenvalue weighted by Crippen LogP contribution is 2.09. The Morgan fingerprint density at radius 1 is 1.06 bits per heavy atom. The molecule has 0 aliphatic heterocycles. The van der Waals surface area contributed by atoms with Crippen LogP contribution in [0.25, 0.3) is 0 Å². The molecule has 0 aliphatic carbocycles. The molecule has 0 atom stereocenters. The van der Waals surface area contributed by atoms with Crippen molar-refractivity contribution in [2.75, 3.05) is 7.11 Å². The van der Waals surface area contributed by atoms with Gasteiger partial charge in [0, 0.05) is 12.1 Å². The van der Waals surface area contributed by atoms with Gasteiger partial charge in [0.25, 0.3) is 0 Å². The lowest BCUT2D eigenvalue weighted by Crippen LogP contribution is -2.25. The van der Waals surface area contributed by atoms with Crippen LogP contribution < -0.4 is 9.41 Å². The van der Waals surface area contributed by atoms with Crippen molar-refractivity contribution in [2.24, 2.45) is 5.10 Å². The van der Waals surface area contributed by atoms with Gasteiger partial charge >= 0.3 is 0 Å².